The van der Waals surface area contributed by atoms with Crippen LogP contribution in [0.5, 0.6) is 0 Å². The van der Waals surface area contributed by atoms with Crippen LogP contribution in [0.2, 0.25) is 0 Å². The second-order valence-electron chi connectivity index (χ2n) is 5.41. The van der Waals surface area contributed by atoms with E-state index in [-0.39, 0.29) is 11.4 Å². The molecule has 0 atom stereocenters. The summed E-state index contributed by atoms with van der Waals surface area (Å²) in [7, 11) is 2.89. The van der Waals surface area contributed by atoms with E-state index in [4.69, 9.17) is 0 Å². The average Bonchev–Trinajstić information content (AvgIpc) is 3.23. The number of aromatic nitrogens is 3. The Morgan fingerprint density at radius 1 is 1.28 bits per heavy atom. The van der Waals surface area contributed by atoms with Crippen LogP contribution in [0.4, 0.5) is 5.82 Å². The Morgan fingerprint density at radius 3 is 2.68 bits per heavy atom. The van der Waals surface area contributed by atoms with Crippen molar-refractivity contribution in [2.24, 2.45) is 14.1 Å². The number of rotatable bonds is 4. The zero-order valence-corrected chi connectivity index (χ0v) is 15.5. The summed E-state index contributed by atoms with van der Waals surface area (Å²) in [6, 6.07) is 5.84. The lowest BCUT2D eigenvalue weighted by molar-refractivity contribution is 0.685. The summed E-state index contributed by atoms with van der Waals surface area (Å²) < 4.78 is 2.20. The van der Waals surface area contributed by atoms with Crippen LogP contribution in [0, 0.1) is 18.3 Å². The second-order valence-corrected chi connectivity index (χ2v) is 7.64. The van der Waals surface area contributed by atoms with E-state index in [2.05, 4.69) is 10.3 Å². The largest absolute Gasteiger partial charge is 0.365 e. The summed E-state index contributed by atoms with van der Waals surface area (Å²) >= 11 is 3.18. The molecule has 0 aliphatic heterocycles. The van der Waals surface area contributed by atoms with Gasteiger partial charge in [0.2, 0.25) is 0 Å². The molecule has 3 aromatic heterocycles. The summed E-state index contributed by atoms with van der Waals surface area (Å²) in [5, 5.41) is 15.3. The third-order valence-corrected chi connectivity index (χ3v) is 5.62. The number of nitriles is 1. The predicted molar refractivity (Wildman–Crippen MR) is 99.1 cm³/mol. The van der Waals surface area contributed by atoms with Crippen LogP contribution in [-0.4, -0.2) is 14.1 Å². The molecule has 128 valence electrons. The molecular weight excluding hydrogens is 358 g/mol. The van der Waals surface area contributed by atoms with Crippen molar-refractivity contribution in [2.45, 2.75) is 13.5 Å². The standard InChI is InChI=1S/C16H15N5O2S2/c1-9-19-12(8-24-9)13-5-4-10(25-13)7-18-14-11(6-17)15(22)21(3)16(23)20(14)2/h4-5,8,18H,7H2,1-3H3. The second kappa shape index (κ2) is 6.66. The van der Waals surface area contributed by atoms with Gasteiger partial charge in [0.05, 0.1) is 22.1 Å². The quantitative estimate of drug-likeness (QED) is 0.756. The van der Waals surface area contributed by atoms with E-state index in [1.54, 1.807) is 22.7 Å². The Balaban J connectivity index is 1.88. The fourth-order valence-corrected chi connectivity index (χ4v) is 4.01. The summed E-state index contributed by atoms with van der Waals surface area (Å²) in [6.07, 6.45) is 0. The Morgan fingerprint density at radius 2 is 2.04 bits per heavy atom. The van der Waals surface area contributed by atoms with Gasteiger partial charge in [-0.2, -0.15) is 5.26 Å². The fourth-order valence-electron chi connectivity index (χ4n) is 2.41. The van der Waals surface area contributed by atoms with Gasteiger partial charge in [-0.3, -0.25) is 13.9 Å². The molecule has 3 rings (SSSR count). The minimum absolute atomic E-state index is 0.0727. The van der Waals surface area contributed by atoms with Gasteiger partial charge >= 0.3 is 5.69 Å². The zero-order valence-electron chi connectivity index (χ0n) is 13.9. The van der Waals surface area contributed by atoms with E-state index >= 15 is 0 Å². The molecular formula is C16H15N5O2S2. The minimum Gasteiger partial charge on any atom is -0.365 e. The molecule has 0 radical (unpaired) electrons. The van der Waals surface area contributed by atoms with Crippen LogP contribution in [0.3, 0.4) is 0 Å². The van der Waals surface area contributed by atoms with Gasteiger partial charge in [-0.1, -0.05) is 0 Å². The lowest BCUT2D eigenvalue weighted by atomic mass is 10.3. The van der Waals surface area contributed by atoms with Crippen LogP contribution in [0.1, 0.15) is 15.4 Å². The van der Waals surface area contributed by atoms with Crippen molar-refractivity contribution in [1.82, 2.24) is 14.1 Å². The molecule has 0 bridgehead atoms. The molecule has 0 aliphatic carbocycles. The third kappa shape index (κ3) is 3.14. The van der Waals surface area contributed by atoms with Gasteiger partial charge < -0.3 is 5.32 Å². The molecule has 0 saturated heterocycles. The molecule has 3 heterocycles. The van der Waals surface area contributed by atoms with Crippen LogP contribution >= 0.6 is 22.7 Å². The number of anilines is 1. The number of hydrogen-bond donors (Lipinski definition) is 1. The zero-order chi connectivity index (χ0) is 18.1. The first-order chi connectivity index (χ1) is 11.9. The van der Waals surface area contributed by atoms with Crippen molar-refractivity contribution in [3.05, 3.63) is 53.8 Å². The Bertz CT molecular complexity index is 1100. The van der Waals surface area contributed by atoms with Crippen LogP contribution in [0.15, 0.2) is 27.1 Å². The van der Waals surface area contributed by atoms with Gasteiger partial charge in [-0.05, 0) is 19.1 Å². The van der Waals surface area contributed by atoms with E-state index in [0.29, 0.717) is 6.54 Å². The Kier molecular flexibility index (Phi) is 4.57. The number of nitrogens with one attached hydrogen (secondary N) is 1. The van der Waals surface area contributed by atoms with Crippen molar-refractivity contribution >= 4 is 28.5 Å². The molecule has 0 aromatic carbocycles. The monoisotopic (exact) mass is 373 g/mol. The first kappa shape index (κ1) is 17.1. The first-order valence-electron chi connectivity index (χ1n) is 7.37. The fraction of sp³-hybridized carbons (Fsp3) is 0.250. The average molecular weight is 373 g/mol. The third-order valence-electron chi connectivity index (χ3n) is 3.74. The Labute approximate surface area is 151 Å². The van der Waals surface area contributed by atoms with Crippen molar-refractivity contribution in [3.63, 3.8) is 0 Å². The highest BCUT2D eigenvalue weighted by Crippen LogP contribution is 2.29. The molecule has 0 unspecified atom stereocenters. The molecule has 0 saturated carbocycles. The maximum Gasteiger partial charge on any atom is 0.332 e. The molecule has 0 aliphatic rings. The lowest BCUT2D eigenvalue weighted by Gasteiger charge is -2.12. The highest BCUT2D eigenvalue weighted by atomic mass is 32.1. The van der Waals surface area contributed by atoms with Crippen LogP contribution in [-0.2, 0) is 20.6 Å². The summed E-state index contributed by atoms with van der Waals surface area (Å²) in [4.78, 5) is 30.7. The lowest BCUT2D eigenvalue weighted by Crippen LogP contribution is -2.39. The number of hydrogen-bond acceptors (Lipinski definition) is 7. The van der Waals surface area contributed by atoms with Gasteiger partial charge in [0.25, 0.3) is 5.56 Å². The number of aryl methyl sites for hydroxylation is 1. The summed E-state index contributed by atoms with van der Waals surface area (Å²) in [6.45, 7) is 2.37. The van der Waals surface area contributed by atoms with Crippen molar-refractivity contribution in [1.29, 1.82) is 5.26 Å². The number of thiophene rings is 1. The molecule has 0 fully saturated rings. The molecule has 1 N–H and O–H groups in total. The maximum absolute atomic E-state index is 12.1. The van der Waals surface area contributed by atoms with Crippen molar-refractivity contribution < 1.29 is 0 Å². The minimum atomic E-state index is -0.599. The van der Waals surface area contributed by atoms with Gasteiger partial charge in [-0.15, -0.1) is 22.7 Å². The van der Waals surface area contributed by atoms with E-state index < -0.39 is 11.2 Å². The predicted octanol–water partition coefficient (Wildman–Crippen LogP) is 2.06. The molecule has 0 amide bonds. The van der Waals surface area contributed by atoms with E-state index in [0.717, 1.165) is 25.0 Å². The normalized spacial score (nSPS) is 10.6. The SMILES string of the molecule is Cc1nc(-c2ccc(CNc3c(C#N)c(=O)n(C)c(=O)n3C)s2)cs1. The van der Waals surface area contributed by atoms with E-state index in [9.17, 15) is 14.9 Å². The number of thiazole rings is 1. The summed E-state index contributed by atoms with van der Waals surface area (Å²) in [5.74, 6) is 0.232. The van der Waals surface area contributed by atoms with Crippen LogP contribution in [0.25, 0.3) is 10.6 Å². The van der Waals surface area contributed by atoms with E-state index in [1.165, 1.54) is 18.7 Å². The maximum atomic E-state index is 12.1. The van der Waals surface area contributed by atoms with Crippen molar-refractivity contribution in [3.8, 4) is 16.6 Å². The molecule has 7 nitrogen and oxygen atoms in total. The molecule has 0 spiro atoms. The molecule has 9 heteroatoms. The first-order valence-corrected chi connectivity index (χ1v) is 9.07. The highest BCUT2D eigenvalue weighted by molar-refractivity contribution is 7.16. The molecule has 25 heavy (non-hydrogen) atoms. The van der Waals surface area contributed by atoms with Crippen LogP contribution < -0.4 is 16.6 Å². The smallest absolute Gasteiger partial charge is 0.332 e. The summed E-state index contributed by atoms with van der Waals surface area (Å²) in [5.41, 5.74) is -0.205. The topological polar surface area (TPSA) is 92.7 Å². The van der Waals surface area contributed by atoms with Gasteiger partial charge in [0.15, 0.2) is 5.56 Å². The number of nitrogens with zero attached hydrogens (tertiary/aromatic N) is 4. The molecule has 3 aromatic rings. The van der Waals surface area contributed by atoms with E-state index in [1.807, 2.05) is 30.5 Å². The highest BCUT2D eigenvalue weighted by Gasteiger charge is 2.15. The Hall–Kier alpha value is -2.70. The van der Waals surface area contributed by atoms with Gasteiger partial charge in [-0.25, -0.2) is 9.78 Å². The van der Waals surface area contributed by atoms with Gasteiger partial charge in [0, 0.05) is 24.4 Å². The van der Waals surface area contributed by atoms with Crippen molar-refractivity contribution in [2.75, 3.05) is 5.32 Å². The van der Waals surface area contributed by atoms with Gasteiger partial charge in [0.1, 0.15) is 11.9 Å².